The molecular formula is C64H70N3O13P. The first-order valence-corrected chi connectivity index (χ1v) is 29.6. The average molecular weight is 1120 g/mol. The topological polar surface area (TPSA) is 177 Å². The Labute approximate surface area is 473 Å². The molecule has 3 aliphatic carbocycles. The summed E-state index contributed by atoms with van der Waals surface area (Å²) in [6, 6.07) is 56.5. The zero-order valence-electron chi connectivity index (χ0n) is 45.8. The van der Waals surface area contributed by atoms with Gasteiger partial charge in [-0.15, -0.1) is 0 Å². The lowest BCUT2D eigenvalue weighted by atomic mass is 9.68. The molecule has 6 aromatic carbocycles. The van der Waals surface area contributed by atoms with Crippen molar-refractivity contribution in [3.8, 4) is 0 Å². The van der Waals surface area contributed by atoms with Gasteiger partial charge >= 0.3 is 7.82 Å². The molecule has 424 valence electrons. The number of phosphoric ester groups is 1. The number of fused-ring (bicyclic) bond motifs is 5. The molecule has 0 unspecified atom stereocenters. The van der Waals surface area contributed by atoms with E-state index < -0.39 is 92.6 Å². The quantitative estimate of drug-likeness (QED) is 0.0288. The van der Waals surface area contributed by atoms with Crippen LogP contribution in [0.4, 0.5) is 0 Å². The van der Waals surface area contributed by atoms with Crippen molar-refractivity contribution >= 4 is 7.82 Å². The molecule has 6 aliphatic rings. The summed E-state index contributed by atoms with van der Waals surface area (Å²) in [6.07, 6.45) is -8.38. The molecule has 0 N–H and O–H groups in total. The number of hydrogen-bond donors (Lipinski definition) is 0. The van der Waals surface area contributed by atoms with E-state index in [9.17, 15) is 5.53 Å². The Hall–Kier alpha value is -5.62. The van der Waals surface area contributed by atoms with Crippen molar-refractivity contribution in [1.82, 2.24) is 0 Å². The van der Waals surface area contributed by atoms with Crippen LogP contribution in [-0.4, -0.2) is 79.7 Å². The summed E-state index contributed by atoms with van der Waals surface area (Å²) in [7, 11) is -4.63. The van der Waals surface area contributed by atoms with Crippen molar-refractivity contribution in [1.29, 1.82) is 0 Å². The van der Waals surface area contributed by atoms with Crippen molar-refractivity contribution in [3.05, 3.63) is 226 Å². The van der Waals surface area contributed by atoms with Crippen LogP contribution >= 0.6 is 7.82 Å². The number of hydrogen-bond acceptors (Lipinski definition) is 14. The number of ether oxygens (including phenoxy) is 9. The fraction of sp³-hybridized carbons (Fsp3) is 0.438. The van der Waals surface area contributed by atoms with Gasteiger partial charge in [-0.05, 0) is 57.5 Å². The molecule has 81 heavy (non-hydrogen) atoms. The third kappa shape index (κ3) is 11.6. The van der Waals surface area contributed by atoms with E-state index in [-0.39, 0.29) is 45.1 Å². The standard InChI is InChI=1S/C64H70N3O13P/c1-62(2)49-34-35-63(62,3)64(36-49)78-58-56(71-39-45-26-14-6-15-27-45)54(69-37-43-22-10-4-11-23-43)55(70-38-44-24-12-5-13-25-44)57(59(58)79-64)77-61-51(66-67-65)53(52-50(75-61)42-72-60(76-52)48-32-20-9-21-33-48)80-81(68,73-40-46-28-16-7-17-29-46)74-41-47-30-18-8-19-31-47/h4-33,49-61H,34-42H2,1-3H3/t49-,50+,51+,52+,53+,54-,55-,56+,57+,58+,59-,60+,61+,63-,64+/m0/s1. The van der Waals surface area contributed by atoms with E-state index in [1.807, 2.05) is 182 Å². The van der Waals surface area contributed by atoms with Gasteiger partial charge in [-0.2, -0.15) is 0 Å². The molecule has 15 atom stereocenters. The highest BCUT2D eigenvalue weighted by molar-refractivity contribution is 7.48. The van der Waals surface area contributed by atoms with Gasteiger partial charge < -0.3 is 42.6 Å². The molecule has 3 aliphatic heterocycles. The van der Waals surface area contributed by atoms with E-state index >= 15 is 4.57 Å². The third-order valence-electron chi connectivity index (χ3n) is 17.8. The molecule has 16 nitrogen and oxygen atoms in total. The summed E-state index contributed by atoms with van der Waals surface area (Å²) in [4.78, 5) is 3.39. The molecule has 3 saturated heterocycles. The summed E-state index contributed by atoms with van der Waals surface area (Å²) in [6.45, 7) is 7.24. The zero-order chi connectivity index (χ0) is 55.4. The van der Waals surface area contributed by atoms with Gasteiger partial charge in [-0.25, -0.2) is 4.57 Å². The maximum Gasteiger partial charge on any atom is 0.475 e. The summed E-state index contributed by atoms with van der Waals surface area (Å²) in [5.74, 6) is -0.727. The van der Waals surface area contributed by atoms with Gasteiger partial charge in [0.2, 0.25) is 0 Å². The highest BCUT2D eigenvalue weighted by Crippen LogP contribution is 2.73. The highest BCUT2D eigenvalue weighted by Gasteiger charge is 2.76. The first-order chi connectivity index (χ1) is 39.5. The van der Waals surface area contributed by atoms with Crippen molar-refractivity contribution < 1.29 is 60.8 Å². The minimum atomic E-state index is -4.63. The second-order valence-electron chi connectivity index (χ2n) is 22.7. The molecule has 0 radical (unpaired) electrons. The lowest BCUT2D eigenvalue weighted by molar-refractivity contribution is -0.359. The Kier molecular flexibility index (Phi) is 16.8. The maximum absolute atomic E-state index is 15.6. The van der Waals surface area contributed by atoms with E-state index in [4.69, 9.17) is 56.2 Å². The minimum absolute atomic E-state index is 0.0204. The molecule has 3 saturated carbocycles. The SMILES string of the molecule is CC1(C)[C@H]2CC[C@]1(C)[C@]1(C2)O[C@@H]2[C@H](OCc3ccccc3)[C@@H](OCc3ccccc3)[C@H](OCc3ccccc3)[C@@H](O[C@H]3O[C@@H]4CO[C@@H](c5ccccc5)O[C@H]4[C@H](OP(=O)(OCc4ccccc4)OCc4ccccc4)[C@H]3N=[N+]=[N-])[C@@H]2O1. The monoisotopic (exact) mass is 1120 g/mol. The Bertz CT molecular complexity index is 3050. The minimum Gasteiger partial charge on any atom is -0.368 e. The molecule has 3 heterocycles. The second kappa shape index (κ2) is 24.3. The van der Waals surface area contributed by atoms with Crippen LogP contribution in [-0.2, 0) is 93.8 Å². The summed E-state index contributed by atoms with van der Waals surface area (Å²) in [5, 5.41) is 4.41. The summed E-state index contributed by atoms with van der Waals surface area (Å²) in [5.41, 5.74) is 15.1. The molecule has 6 aromatic rings. The van der Waals surface area contributed by atoms with Gasteiger partial charge in [-0.3, -0.25) is 13.6 Å². The van der Waals surface area contributed by atoms with Gasteiger partial charge in [0.1, 0.15) is 61.0 Å². The third-order valence-corrected chi connectivity index (χ3v) is 19.2. The largest absolute Gasteiger partial charge is 0.475 e. The molecule has 2 bridgehead atoms. The van der Waals surface area contributed by atoms with Crippen LogP contribution in [0.2, 0.25) is 0 Å². The molecule has 6 fully saturated rings. The number of phosphoric acid groups is 1. The van der Waals surface area contributed by atoms with Crippen LogP contribution in [0.15, 0.2) is 187 Å². The van der Waals surface area contributed by atoms with E-state index in [0.717, 1.165) is 46.2 Å². The smallest absolute Gasteiger partial charge is 0.368 e. The molecule has 0 amide bonds. The van der Waals surface area contributed by atoms with E-state index in [0.29, 0.717) is 12.3 Å². The van der Waals surface area contributed by atoms with E-state index in [1.165, 1.54) is 0 Å². The Morgan fingerprint density at radius 3 is 1.49 bits per heavy atom. The first kappa shape index (κ1) is 55.9. The van der Waals surface area contributed by atoms with Gasteiger partial charge in [0, 0.05) is 22.3 Å². The van der Waals surface area contributed by atoms with E-state index in [1.54, 1.807) is 0 Å². The maximum atomic E-state index is 15.6. The number of azide groups is 1. The molecule has 17 heteroatoms. The molecule has 1 spiro atoms. The van der Waals surface area contributed by atoms with Crippen LogP contribution in [0.5, 0.6) is 0 Å². The van der Waals surface area contributed by atoms with Crippen LogP contribution in [0.25, 0.3) is 10.4 Å². The van der Waals surface area contributed by atoms with Crippen molar-refractivity contribution in [2.45, 2.75) is 152 Å². The summed E-state index contributed by atoms with van der Waals surface area (Å²) >= 11 is 0. The average Bonchev–Trinajstić information content (AvgIpc) is 1.97. The van der Waals surface area contributed by atoms with E-state index in [2.05, 4.69) is 30.8 Å². The number of benzene rings is 6. The van der Waals surface area contributed by atoms with Crippen LogP contribution in [0.3, 0.4) is 0 Å². The highest BCUT2D eigenvalue weighted by atomic mass is 31.2. The Morgan fingerprint density at radius 1 is 0.568 bits per heavy atom. The molecule has 12 rings (SSSR count). The van der Waals surface area contributed by atoms with Crippen LogP contribution < -0.4 is 0 Å². The zero-order valence-corrected chi connectivity index (χ0v) is 46.7. The Balaban J connectivity index is 0.958. The van der Waals surface area contributed by atoms with Gasteiger partial charge in [0.25, 0.3) is 0 Å². The van der Waals surface area contributed by atoms with Crippen molar-refractivity contribution in [2.24, 2.45) is 21.9 Å². The molecular weight excluding hydrogens is 1050 g/mol. The fourth-order valence-corrected chi connectivity index (χ4v) is 14.4. The predicted molar refractivity (Wildman–Crippen MR) is 298 cm³/mol. The van der Waals surface area contributed by atoms with Gasteiger partial charge in [0.05, 0.1) is 39.6 Å². The van der Waals surface area contributed by atoms with Crippen molar-refractivity contribution in [3.63, 3.8) is 0 Å². The van der Waals surface area contributed by atoms with Gasteiger partial charge in [0.15, 0.2) is 18.4 Å². The first-order valence-electron chi connectivity index (χ1n) is 28.2. The van der Waals surface area contributed by atoms with Crippen LogP contribution in [0.1, 0.15) is 79.7 Å². The fourth-order valence-electron chi connectivity index (χ4n) is 13.0. The Morgan fingerprint density at radius 2 is 1.02 bits per heavy atom. The normalized spacial score (nSPS) is 32.9. The lowest BCUT2D eigenvalue weighted by Gasteiger charge is -2.51. The molecule has 0 aromatic heterocycles. The van der Waals surface area contributed by atoms with Gasteiger partial charge in [-0.1, -0.05) is 208 Å². The summed E-state index contributed by atoms with van der Waals surface area (Å²) < 4.78 is 99.5. The second-order valence-corrected chi connectivity index (χ2v) is 24.4. The van der Waals surface area contributed by atoms with Crippen LogP contribution in [0, 0.1) is 16.7 Å². The lowest BCUT2D eigenvalue weighted by Crippen LogP contribution is -2.68. The van der Waals surface area contributed by atoms with Crippen molar-refractivity contribution in [2.75, 3.05) is 6.61 Å². The number of rotatable bonds is 21. The number of nitrogens with zero attached hydrogens (tertiary/aromatic N) is 3. The predicted octanol–water partition coefficient (Wildman–Crippen LogP) is 12.9.